The van der Waals surface area contributed by atoms with Crippen molar-refractivity contribution in [3.8, 4) is 0 Å². The molecule has 1 saturated heterocycles. The number of morpholine rings is 1. The summed E-state index contributed by atoms with van der Waals surface area (Å²) in [5.74, 6) is -0.0734. The molecule has 1 fully saturated rings. The fraction of sp³-hybridized carbons (Fsp3) is 0.300. The van der Waals surface area contributed by atoms with Gasteiger partial charge in [0.2, 0.25) is 5.91 Å². The number of hydrogen-bond donors (Lipinski definition) is 2. The van der Waals surface area contributed by atoms with Gasteiger partial charge in [-0.2, -0.15) is 0 Å². The molecule has 4 heteroatoms. The van der Waals surface area contributed by atoms with E-state index in [1.165, 1.54) is 0 Å². The first-order chi connectivity index (χ1) is 6.77. The van der Waals surface area contributed by atoms with Gasteiger partial charge in [0.05, 0.1) is 0 Å². The zero-order valence-corrected chi connectivity index (χ0v) is 7.69. The van der Waals surface area contributed by atoms with Crippen LogP contribution in [0.4, 0.5) is 5.69 Å². The molecule has 0 radical (unpaired) electrons. The summed E-state index contributed by atoms with van der Waals surface area (Å²) in [4.78, 5) is 10.9. The Labute approximate surface area is 82.1 Å². The number of benzene rings is 1. The highest BCUT2D eigenvalue weighted by molar-refractivity contribution is 5.78. The Kier molecular flexibility index (Phi) is 2.37. The number of amides is 1. The van der Waals surface area contributed by atoms with Crippen LogP contribution >= 0.6 is 0 Å². The Hall–Kier alpha value is -1.55. The zero-order chi connectivity index (χ0) is 9.97. The Morgan fingerprint density at radius 2 is 2.21 bits per heavy atom. The molecule has 1 aromatic rings. The van der Waals surface area contributed by atoms with Gasteiger partial charge >= 0.3 is 0 Å². The third-order valence-electron chi connectivity index (χ3n) is 2.24. The molecular weight excluding hydrogens is 180 g/mol. The Bertz CT molecular complexity index is 342. The quantitative estimate of drug-likeness (QED) is 0.635. The van der Waals surface area contributed by atoms with Crippen LogP contribution in [0.2, 0.25) is 0 Å². The maximum absolute atomic E-state index is 10.9. The largest absolute Gasteiger partial charge is 0.398 e. The monoisotopic (exact) mass is 192 g/mol. The minimum absolute atomic E-state index is 0.0734. The van der Waals surface area contributed by atoms with Gasteiger partial charge in [-0.3, -0.25) is 4.79 Å². The first-order valence-corrected chi connectivity index (χ1v) is 4.50. The van der Waals surface area contributed by atoms with Gasteiger partial charge in [0.15, 0.2) is 0 Å². The van der Waals surface area contributed by atoms with E-state index in [1.54, 1.807) is 0 Å². The number of anilines is 1. The molecule has 4 nitrogen and oxygen atoms in total. The molecule has 2 rings (SSSR count). The summed E-state index contributed by atoms with van der Waals surface area (Å²) >= 11 is 0. The molecule has 0 aromatic heterocycles. The molecule has 0 aliphatic carbocycles. The van der Waals surface area contributed by atoms with E-state index >= 15 is 0 Å². The molecule has 1 atom stereocenters. The van der Waals surface area contributed by atoms with Crippen LogP contribution in [0.25, 0.3) is 0 Å². The predicted molar refractivity (Wildman–Crippen MR) is 52.6 cm³/mol. The summed E-state index contributed by atoms with van der Waals surface area (Å²) in [6, 6.07) is 7.53. The fourth-order valence-electron chi connectivity index (χ4n) is 1.50. The van der Waals surface area contributed by atoms with Crippen LogP contribution in [-0.4, -0.2) is 19.1 Å². The Morgan fingerprint density at radius 1 is 1.43 bits per heavy atom. The molecule has 1 heterocycles. The Morgan fingerprint density at radius 3 is 2.86 bits per heavy atom. The van der Waals surface area contributed by atoms with Gasteiger partial charge in [-0.25, -0.2) is 0 Å². The topological polar surface area (TPSA) is 64.3 Å². The van der Waals surface area contributed by atoms with Crippen LogP contribution < -0.4 is 11.1 Å². The van der Waals surface area contributed by atoms with E-state index in [0.29, 0.717) is 12.2 Å². The number of ether oxygens (including phenoxy) is 1. The van der Waals surface area contributed by atoms with Crippen molar-refractivity contribution < 1.29 is 9.53 Å². The lowest BCUT2D eigenvalue weighted by molar-refractivity contribution is -0.133. The van der Waals surface area contributed by atoms with E-state index in [-0.39, 0.29) is 18.6 Å². The number of hydrogen-bond acceptors (Lipinski definition) is 3. The van der Waals surface area contributed by atoms with Gasteiger partial charge in [0.1, 0.15) is 12.7 Å². The van der Waals surface area contributed by atoms with Crippen LogP contribution in [0.5, 0.6) is 0 Å². The lowest BCUT2D eigenvalue weighted by Gasteiger charge is -2.24. The summed E-state index contributed by atoms with van der Waals surface area (Å²) in [6.07, 6.45) is -0.117. The summed E-state index contributed by atoms with van der Waals surface area (Å²) < 4.78 is 5.37. The van der Waals surface area contributed by atoms with E-state index in [0.717, 1.165) is 5.56 Å². The number of carbonyl (C=O) groups is 1. The van der Waals surface area contributed by atoms with Gasteiger partial charge < -0.3 is 15.8 Å². The molecule has 0 bridgehead atoms. The van der Waals surface area contributed by atoms with Crippen LogP contribution in [0.15, 0.2) is 24.3 Å². The lowest BCUT2D eigenvalue weighted by atomic mass is 10.1. The highest BCUT2D eigenvalue weighted by atomic mass is 16.5. The third kappa shape index (κ3) is 1.70. The average Bonchev–Trinajstić information content (AvgIpc) is 2.20. The van der Waals surface area contributed by atoms with Gasteiger partial charge in [0.25, 0.3) is 0 Å². The van der Waals surface area contributed by atoms with Crippen LogP contribution in [0.3, 0.4) is 0 Å². The molecule has 1 aromatic carbocycles. The number of para-hydroxylation sites is 1. The molecule has 0 spiro atoms. The summed E-state index contributed by atoms with van der Waals surface area (Å²) in [5, 5.41) is 2.74. The number of nitrogens with one attached hydrogen (secondary N) is 1. The summed E-state index contributed by atoms with van der Waals surface area (Å²) in [6.45, 7) is 0.603. The van der Waals surface area contributed by atoms with Gasteiger partial charge in [-0.1, -0.05) is 18.2 Å². The van der Waals surface area contributed by atoms with Crippen molar-refractivity contribution in [1.29, 1.82) is 0 Å². The minimum Gasteiger partial charge on any atom is -0.398 e. The molecule has 1 amide bonds. The molecule has 1 aliphatic rings. The van der Waals surface area contributed by atoms with E-state index in [4.69, 9.17) is 10.5 Å². The number of rotatable bonds is 1. The fourth-order valence-corrected chi connectivity index (χ4v) is 1.50. The van der Waals surface area contributed by atoms with E-state index < -0.39 is 0 Å². The maximum Gasteiger partial charge on any atom is 0.246 e. The van der Waals surface area contributed by atoms with Crippen molar-refractivity contribution in [2.24, 2.45) is 0 Å². The second kappa shape index (κ2) is 3.67. The molecule has 74 valence electrons. The molecule has 0 saturated carbocycles. The van der Waals surface area contributed by atoms with Crippen molar-refractivity contribution in [3.05, 3.63) is 29.8 Å². The SMILES string of the molecule is Nc1ccccc1C1CNC(=O)CO1. The number of nitrogens with two attached hydrogens (primary N) is 1. The van der Waals surface area contributed by atoms with E-state index in [9.17, 15) is 4.79 Å². The van der Waals surface area contributed by atoms with Crippen molar-refractivity contribution in [2.45, 2.75) is 6.10 Å². The van der Waals surface area contributed by atoms with Gasteiger partial charge in [0, 0.05) is 17.8 Å². The molecule has 1 unspecified atom stereocenters. The minimum atomic E-state index is -0.117. The first-order valence-electron chi connectivity index (χ1n) is 4.50. The van der Waals surface area contributed by atoms with Gasteiger partial charge in [-0.05, 0) is 6.07 Å². The van der Waals surface area contributed by atoms with Crippen molar-refractivity contribution in [1.82, 2.24) is 5.32 Å². The van der Waals surface area contributed by atoms with Crippen LogP contribution in [-0.2, 0) is 9.53 Å². The standard InChI is InChI=1S/C10H12N2O2/c11-8-4-2-1-3-7(8)9-5-12-10(13)6-14-9/h1-4,9H,5-6,11H2,(H,12,13). The second-order valence-electron chi connectivity index (χ2n) is 3.23. The van der Waals surface area contributed by atoms with Crippen molar-refractivity contribution >= 4 is 11.6 Å². The average molecular weight is 192 g/mol. The zero-order valence-electron chi connectivity index (χ0n) is 7.69. The summed E-state index contributed by atoms with van der Waals surface area (Å²) in [5.41, 5.74) is 7.43. The van der Waals surface area contributed by atoms with Gasteiger partial charge in [-0.15, -0.1) is 0 Å². The predicted octanol–water partition coefficient (Wildman–Crippen LogP) is 0.456. The van der Waals surface area contributed by atoms with Crippen molar-refractivity contribution in [2.75, 3.05) is 18.9 Å². The smallest absolute Gasteiger partial charge is 0.246 e. The normalized spacial score (nSPS) is 21.7. The first kappa shape index (κ1) is 9.02. The number of carbonyl (C=O) groups excluding carboxylic acids is 1. The van der Waals surface area contributed by atoms with E-state index in [1.807, 2.05) is 24.3 Å². The third-order valence-corrected chi connectivity index (χ3v) is 2.24. The summed E-state index contributed by atoms with van der Waals surface area (Å²) in [7, 11) is 0. The molecule has 1 aliphatic heterocycles. The van der Waals surface area contributed by atoms with Crippen LogP contribution in [0, 0.1) is 0 Å². The highest BCUT2D eigenvalue weighted by Gasteiger charge is 2.21. The maximum atomic E-state index is 10.9. The number of nitrogen functional groups attached to an aromatic ring is 1. The van der Waals surface area contributed by atoms with Crippen molar-refractivity contribution in [3.63, 3.8) is 0 Å². The molecule has 14 heavy (non-hydrogen) atoms. The second-order valence-corrected chi connectivity index (χ2v) is 3.23. The highest BCUT2D eigenvalue weighted by Crippen LogP contribution is 2.23. The van der Waals surface area contributed by atoms with Crippen LogP contribution in [0.1, 0.15) is 11.7 Å². The van der Waals surface area contributed by atoms with E-state index in [2.05, 4.69) is 5.32 Å². The Balaban J connectivity index is 2.16. The lowest BCUT2D eigenvalue weighted by Crippen LogP contribution is -2.38. The molecular formula is C10H12N2O2. The molecule has 3 N–H and O–H groups in total.